The number of hydrogen-bond donors (Lipinski definition) is 2. The van der Waals surface area contributed by atoms with Gasteiger partial charge >= 0.3 is 0 Å². The molecular formula is C11H12N2O3S2. The number of nitrogens with one attached hydrogen (secondary N) is 1. The van der Waals surface area contributed by atoms with Gasteiger partial charge in [0, 0.05) is 18.9 Å². The fraction of sp³-hybridized carbons (Fsp3) is 0.182. The summed E-state index contributed by atoms with van der Waals surface area (Å²) < 4.78 is 26.6. The van der Waals surface area contributed by atoms with E-state index < -0.39 is 10.0 Å². The largest absolute Gasteiger partial charge is 0.392 e. The Balaban J connectivity index is 2.08. The summed E-state index contributed by atoms with van der Waals surface area (Å²) in [5.41, 5.74) is 1.39. The fourth-order valence-electron chi connectivity index (χ4n) is 1.33. The molecule has 2 heterocycles. The molecule has 0 saturated heterocycles. The molecule has 0 aliphatic carbocycles. The molecule has 0 unspecified atom stereocenters. The smallest absolute Gasteiger partial charge is 0.250 e. The van der Waals surface area contributed by atoms with Gasteiger partial charge in [-0.2, -0.15) is 0 Å². The van der Waals surface area contributed by atoms with Crippen molar-refractivity contribution in [3.63, 3.8) is 0 Å². The third kappa shape index (κ3) is 3.14. The maximum atomic E-state index is 11.9. The van der Waals surface area contributed by atoms with Gasteiger partial charge in [-0.1, -0.05) is 6.07 Å². The predicted molar refractivity (Wildman–Crippen MR) is 68.5 cm³/mol. The molecule has 0 fully saturated rings. The van der Waals surface area contributed by atoms with Gasteiger partial charge in [0.05, 0.1) is 6.61 Å². The Morgan fingerprint density at radius 1 is 1.39 bits per heavy atom. The SMILES string of the molecule is O=S(=O)(NCc1cccnc1)c1cc(CO)cs1. The first-order chi connectivity index (χ1) is 8.62. The maximum Gasteiger partial charge on any atom is 0.250 e. The normalized spacial score (nSPS) is 11.6. The van der Waals surface area contributed by atoms with Gasteiger partial charge in [-0.05, 0) is 28.6 Å². The van der Waals surface area contributed by atoms with Crippen LogP contribution in [-0.2, 0) is 23.2 Å². The fourth-order valence-corrected chi connectivity index (χ4v) is 3.59. The lowest BCUT2D eigenvalue weighted by molar-refractivity contribution is 0.282. The Morgan fingerprint density at radius 2 is 2.22 bits per heavy atom. The molecule has 2 N–H and O–H groups in total. The van der Waals surface area contributed by atoms with Gasteiger partial charge in [-0.25, -0.2) is 13.1 Å². The lowest BCUT2D eigenvalue weighted by Gasteiger charge is -2.04. The van der Waals surface area contributed by atoms with E-state index in [1.54, 1.807) is 29.9 Å². The van der Waals surface area contributed by atoms with Crippen LogP contribution in [0.5, 0.6) is 0 Å². The van der Waals surface area contributed by atoms with Gasteiger partial charge in [0.2, 0.25) is 10.0 Å². The predicted octanol–water partition coefficient (Wildman–Crippen LogP) is 1.11. The highest BCUT2D eigenvalue weighted by atomic mass is 32.2. The number of aromatic nitrogens is 1. The quantitative estimate of drug-likeness (QED) is 0.862. The summed E-state index contributed by atoms with van der Waals surface area (Å²) in [5.74, 6) is 0. The zero-order valence-electron chi connectivity index (χ0n) is 9.41. The number of aliphatic hydroxyl groups excluding tert-OH is 1. The van der Waals surface area contributed by atoms with Crippen molar-refractivity contribution < 1.29 is 13.5 Å². The standard InChI is InChI=1S/C11H12N2O3S2/c14-7-10-4-11(17-8-10)18(15,16)13-6-9-2-1-3-12-5-9/h1-5,8,13-14H,6-7H2. The van der Waals surface area contributed by atoms with Crippen molar-refractivity contribution in [2.75, 3.05) is 0 Å². The molecule has 0 saturated carbocycles. The first-order valence-corrected chi connectivity index (χ1v) is 7.55. The van der Waals surface area contributed by atoms with E-state index in [1.807, 2.05) is 0 Å². The van der Waals surface area contributed by atoms with Gasteiger partial charge in [0.15, 0.2) is 0 Å². The van der Waals surface area contributed by atoms with Crippen LogP contribution < -0.4 is 4.72 Å². The Hall–Kier alpha value is -1.28. The molecule has 2 rings (SSSR count). The van der Waals surface area contributed by atoms with Crippen LogP contribution in [-0.4, -0.2) is 18.5 Å². The zero-order valence-corrected chi connectivity index (χ0v) is 11.0. The highest BCUT2D eigenvalue weighted by Gasteiger charge is 2.16. The van der Waals surface area contributed by atoms with E-state index in [9.17, 15) is 8.42 Å². The third-order valence-corrected chi connectivity index (χ3v) is 5.16. The molecule has 18 heavy (non-hydrogen) atoms. The van der Waals surface area contributed by atoms with Crippen molar-refractivity contribution in [3.05, 3.63) is 47.1 Å². The highest BCUT2D eigenvalue weighted by Crippen LogP contribution is 2.20. The van der Waals surface area contributed by atoms with E-state index in [1.165, 1.54) is 6.07 Å². The molecular weight excluding hydrogens is 272 g/mol. The monoisotopic (exact) mass is 284 g/mol. The van der Waals surface area contributed by atoms with Crippen molar-refractivity contribution in [3.8, 4) is 0 Å². The van der Waals surface area contributed by atoms with Crippen LogP contribution in [0.1, 0.15) is 11.1 Å². The second kappa shape index (κ2) is 5.57. The first-order valence-electron chi connectivity index (χ1n) is 5.18. The van der Waals surface area contributed by atoms with Gasteiger partial charge in [0.1, 0.15) is 4.21 Å². The molecule has 96 valence electrons. The second-order valence-corrected chi connectivity index (χ2v) is 6.52. The van der Waals surface area contributed by atoms with Gasteiger partial charge < -0.3 is 5.11 Å². The minimum atomic E-state index is -3.52. The number of sulfonamides is 1. The van der Waals surface area contributed by atoms with E-state index in [4.69, 9.17) is 5.11 Å². The van der Waals surface area contributed by atoms with Gasteiger partial charge in [0.25, 0.3) is 0 Å². The summed E-state index contributed by atoms with van der Waals surface area (Å²) in [6.07, 6.45) is 3.24. The number of nitrogens with zero attached hydrogens (tertiary/aromatic N) is 1. The molecule has 0 amide bonds. The van der Waals surface area contributed by atoms with E-state index in [-0.39, 0.29) is 17.4 Å². The van der Waals surface area contributed by atoms with Crippen LogP contribution in [0.25, 0.3) is 0 Å². The molecule has 0 bridgehead atoms. The molecule has 0 atom stereocenters. The minimum Gasteiger partial charge on any atom is -0.392 e. The summed E-state index contributed by atoms with van der Waals surface area (Å²) in [4.78, 5) is 3.91. The molecule has 7 heteroatoms. The van der Waals surface area contributed by atoms with Crippen molar-refractivity contribution in [2.24, 2.45) is 0 Å². The van der Waals surface area contributed by atoms with Crippen molar-refractivity contribution >= 4 is 21.4 Å². The summed E-state index contributed by atoms with van der Waals surface area (Å²) in [5, 5.41) is 10.5. The molecule has 2 aromatic rings. The third-order valence-electron chi connectivity index (χ3n) is 2.27. The van der Waals surface area contributed by atoms with Gasteiger partial charge in [-0.15, -0.1) is 11.3 Å². The lowest BCUT2D eigenvalue weighted by Crippen LogP contribution is -2.22. The first kappa shape index (κ1) is 13.2. The number of hydrogen-bond acceptors (Lipinski definition) is 5. The van der Waals surface area contributed by atoms with Crippen LogP contribution >= 0.6 is 11.3 Å². The van der Waals surface area contributed by atoms with E-state index in [2.05, 4.69) is 9.71 Å². The average Bonchev–Trinajstić information content (AvgIpc) is 2.87. The van der Waals surface area contributed by atoms with Crippen molar-refractivity contribution in [1.29, 1.82) is 0 Å². The number of rotatable bonds is 5. The van der Waals surface area contributed by atoms with Crippen molar-refractivity contribution in [2.45, 2.75) is 17.4 Å². The van der Waals surface area contributed by atoms with Crippen LogP contribution in [0.3, 0.4) is 0 Å². The number of pyridine rings is 1. The van der Waals surface area contributed by atoms with Crippen LogP contribution in [0.15, 0.2) is 40.2 Å². The maximum absolute atomic E-state index is 11.9. The number of aliphatic hydroxyl groups is 1. The Bertz CT molecular complexity index is 608. The van der Waals surface area contributed by atoms with Crippen molar-refractivity contribution in [1.82, 2.24) is 9.71 Å². The summed E-state index contributed by atoms with van der Waals surface area (Å²) in [7, 11) is -3.52. The summed E-state index contributed by atoms with van der Waals surface area (Å²) in [6.45, 7) is 0.0388. The van der Waals surface area contributed by atoms with E-state index in [0.717, 1.165) is 16.9 Å². The molecule has 0 aromatic carbocycles. The average molecular weight is 284 g/mol. The topological polar surface area (TPSA) is 79.3 Å². The van der Waals surface area contributed by atoms with Crippen LogP contribution in [0, 0.1) is 0 Å². The molecule has 0 radical (unpaired) electrons. The highest BCUT2D eigenvalue weighted by molar-refractivity contribution is 7.91. The van der Waals surface area contributed by atoms with Crippen LogP contribution in [0.2, 0.25) is 0 Å². The minimum absolute atomic E-state index is 0.158. The van der Waals surface area contributed by atoms with E-state index >= 15 is 0 Å². The molecule has 2 aromatic heterocycles. The Labute approximate surface area is 109 Å². The molecule has 5 nitrogen and oxygen atoms in total. The van der Waals surface area contributed by atoms with Crippen LogP contribution in [0.4, 0.5) is 0 Å². The Kier molecular flexibility index (Phi) is 4.07. The lowest BCUT2D eigenvalue weighted by atomic mass is 10.3. The molecule has 0 spiro atoms. The zero-order chi connectivity index (χ0) is 13.0. The Morgan fingerprint density at radius 3 is 2.83 bits per heavy atom. The molecule has 0 aliphatic rings. The van der Waals surface area contributed by atoms with E-state index in [0.29, 0.717) is 5.56 Å². The summed E-state index contributed by atoms with van der Waals surface area (Å²) >= 11 is 1.09. The molecule has 0 aliphatic heterocycles. The number of thiophene rings is 1. The summed E-state index contributed by atoms with van der Waals surface area (Å²) in [6, 6.07) is 5.01. The van der Waals surface area contributed by atoms with Gasteiger partial charge in [-0.3, -0.25) is 4.98 Å². The second-order valence-electron chi connectivity index (χ2n) is 3.62.